The fourth-order valence-corrected chi connectivity index (χ4v) is 2.27. The first-order valence-corrected chi connectivity index (χ1v) is 7.22. The molecule has 0 saturated heterocycles. The molecule has 0 heterocycles. The van der Waals surface area contributed by atoms with Gasteiger partial charge in [-0.05, 0) is 30.9 Å². The van der Waals surface area contributed by atoms with E-state index in [0.29, 0.717) is 0 Å². The van der Waals surface area contributed by atoms with Crippen molar-refractivity contribution in [3.8, 4) is 0 Å². The van der Waals surface area contributed by atoms with Crippen molar-refractivity contribution in [3.63, 3.8) is 0 Å². The highest BCUT2D eigenvalue weighted by molar-refractivity contribution is 5.93. The van der Waals surface area contributed by atoms with Crippen LogP contribution in [0.2, 0.25) is 0 Å². The Morgan fingerprint density at radius 2 is 2.11 bits per heavy atom. The number of amides is 1. The molecule has 0 saturated carbocycles. The van der Waals surface area contributed by atoms with Gasteiger partial charge < -0.3 is 5.32 Å². The van der Waals surface area contributed by atoms with Crippen molar-refractivity contribution < 1.29 is 7.65 Å². The molecule has 0 aliphatic rings. The maximum atomic E-state index is 12.3. The number of allylic oxidation sites excluding steroid dienone is 1. The summed E-state index contributed by atoms with van der Waals surface area (Å²) < 4.78 is 0. The predicted molar refractivity (Wildman–Crippen MR) is 86.5 cm³/mol. The molecule has 1 N–H and O–H groups in total. The van der Waals surface area contributed by atoms with Crippen LogP contribution in [-0.4, -0.2) is 5.91 Å². The molecule has 0 aliphatic heterocycles. The van der Waals surface area contributed by atoms with Crippen molar-refractivity contribution in [3.05, 3.63) is 42.5 Å². The number of hydrogen-bond acceptors (Lipinski definition) is 1. The highest BCUT2D eigenvalue weighted by Crippen LogP contribution is 2.20. The van der Waals surface area contributed by atoms with Crippen LogP contribution < -0.4 is 5.32 Å². The average Bonchev–Trinajstić information content (AvgIpc) is 2.41. The maximum absolute atomic E-state index is 12.3. The summed E-state index contributed by atoms with van der Waals surface area (Å²) in [6.07, 6.45) is 6.58. The molecule has 19 heavy (non-hydrogen) atoms. The van der Waals surface area contributed by atoms with Gasteiger partial charge in [0.2, 0.25) is 5.91 Å². The normalized spacial score (nSPS) is 11.9. The van der Waals surface area contributed by atoms with Crippen molar-refractivity contribution >= 4 is 11.6 Å². The number of carbonyl (C=O) groups is 1. The fourth-order valence-electron chi connectivity index (χ4n) is 2.27. The summed E-state index contributed by atoms with van der Waals surface area (Å²) in [6, 6.07) is 8.06. The van der Waals surface area contributed by atoms with Gasteiger partial charge in [0.05, 0.1) is 0 Å². The largest absolute Gasteiger partial charge is 0.326 e. The Morgan fingerprint density at radius 3 is 2.74 bits per heavy atom. The number of aryl methyl sites for hydroxylation is 1. The molecule has 0 fully saturated rings. The third-order valence-corrected chi connectivity index (χ3v) is 3.25. The van der Waals surface area contributed by atoms with Crippen LogP contribution in [0.3, 0.4) is 0 Å². The SMILES string of the molecule is C=CCC(CCC)C(=O)Nc1ccccc1CCC.[HH].[HH]. The van der Waals surface area contributed by atoms with Gasteiger partial charge >= 0.3 is 0 Å². The summed E-state index contributed by atoms with van der Waals surface area (Å²) in [5, 5.41) is 3.08. The standard InChI is InChI=1S/C17H25NO.2H2/c1-4-9-14-12-7-8-13-16(14)18-17(19)15(10-5-2)11-6-3;;/h5,7-8,12-13,15H,2,4,6,9-11H2,1,3H3,(H,18,19);2*1H. The summed E-state index contributed by atoms with van der Waals surface area (Å²) >= 11 is 0. The molecule has 0 spiro atoms. The second-order valence-corrected chi connectivity index (χ2v) is 4.91. The zero-order chi connectivity index (χ0) is 14.1. The van der Waals surface area contributed by atoms with Crippen LogP contribution in [0, 0.1) is 5.92 Å². The second kappa shape index (κ2) is 8.52. The van der Waals surface area contributed by atoms with E-state index in [0.717, 1.165) is 37.8 Å². The highest BCUT2D eigenvalue weighted by atomic mass is 16.1. The predicted octanol–water partition coefficient (Wildman–Crippen LogP) is 5.06. The van der Waals surface area contributed by atoms with E-state index in [2.05, 4.69) is 31.8 Å². The van der Waals surface area contributed by atoms with Crippen LogP contribution in [0.25, 0.3) is 0 Å². The monoisotopic (exact) mass is 263 g/mol. The molecule has 0 radical (unpaired) electrons. The molecule has 1 atom stereocenters. The Morgan fingerprint density at radius 1 is 1.37 bits per heavy atom. The van der Waals surface area contributed by atoms with Crippen LogP contribution in [0.15, 0.2) is 36.9 Å². The van der Waals surface area contributed by atoms with Crippen molar-refractivity contribution in [1.29, 1.82) is 0 Å². The summed E-state index contributed by atoms with van der Waals surface area (Å²) in [6.45, 7) is 7.99. The van der Waals surface area contributed by atoms with Gasteiger partial charge in [-0.15, -0.1) is 6.58 Å². The number of para-hydroxylation sites is 1. The summed E-state index contributed by atoms with van der Waals surface area (Å²) in [4.78, 5) is 12.3. The lowest BCUT2D eigenvalue weighted by Gasteiger charge is -2.16. The smallest absolute Gasteiger partial charge is 0.227 e. The van der Waals surface area contributed by atoms with E-state index in [1.807, 2.05) is 24.3 Å². The number of rotatable bonds is 8. The van der Waals surface area contributed by atoms with E-state index >= 15 is 0 Å². The zero-order valence-corrected chi connectivity index (χ0v) is 12.1. The van der Waals surface area contributed by atoms with Gasteiger partial charge in [0.15, 0.2) is 0 Å². The van der Waals surface area contributed by atoms with E-state index in [1.54, 1.807) is 0 Å². The van der Waals surface area contributed by atoms with E-state index in [1.165, 1.54) is 5.56 Å². The van der Waals surface area contributed by atoms with Gasteiger partial charge in [0.1, 0.15) is 0 Å². The lowest BCUT2D eigenvalue weighted by molar-refractivity contribution is -0.120. The molecular weight excluding hydrogens is 234 g/mol. The molecule has 0 bridgehead atoms. The quantitative estimate of drug-likeness (QED) is 0.652. The second-order valence-electron chi connectivity index (χ2n) is 4.91. The maximum Gasteiger partial charge on any atom is 0.227 e. The summed E-state index contributed by atoms with van der Waals surface area (Å²) in [7, 11) is 0. The van der Waals surface area contributed by atoms with Gasteiger partial charge in [0, 0.05) is 14.5 Å². The zero-order valence-electron chi connectivity index (χ0n) is 12.1. The first-order chi connectivity index (χ1) is 9.22. The summed E-state index contributed by atoms with van der Waals surface area (Å²) in [5.41, 5.74) is 2.17. The van der Waals surface area contributed by atoms with Crippen molar-refractivity contribution in [1.82, 2.24) is 0 Å². The molecule has 1 aromatic carbocycles. The minimum atomic E-state index is 0. The molecule has 108 valence electrons. The average molecular weight is 263 g/mol. The minimum absolute atomic E-state index is 0. The molecule has 1 rings (SSSR count). The van der Waals surface area contributed by atoms with E-state index < -0.39 is 0 Å². The molecular formula is C17H29NO. The number of carbonyl (C=O) groups excluding carboxylic acids is 1. The molecule has 0 aliphatic carbocycles. The number of anilines is 1. The van der Waals surface area contributed by atoms with Crippen LogP contribution in [-0.2, 0) is 11.2 Å². The van der Waals surface area contributed by atoms with Crippen molar-refractivity contribution in [2.45, 2.75) is 46.0 Å². The number of nitrogens with one attached hydrogen (secondary N) is 1. The lowest BCUT2D eigenvalue weighted by Crippen LogP contribution is -2.23. The molecule has 1 aromatic rings. The van der Waals surface area contributed by atoms with Crippen LogP contribution in [0.5, 0.6) is 0 Å². The Labute approximate surface area is 119 Å². The first-order valence-electron chi connectivity index (χ1n) is 7.22. The van der Waals surface area contributed by atoms with E-state index in [-0.39, 0.29) is 14.7 Å². The molecule has 1 amide bonds. The van der Waals surface area contributed by atoms with Crippen LogP contribution in [0.1, 0.15) is 47.9 Å². The third kappa shape index (κ3) is 4.90. The van der Waals surface area contributed by atoms with Crippen LogP contribution in [0.4, 0.5) is 5.69 Å². The van der Waals surface area contributed by atoms with Gasteiger partial charge in [-0.3, -0.25) is 4.79 Å². The third-order valence-electron chi connectivity index (χ3n) is 3.25. The van der Waals surface area contributed by atoms with Crippen LogP contribution >= 0.6 is 0 Å². The molecule has 2 heteroatoms. The van der Waals surface area contributed by atoms with E-state index in [4.69, 9.17) is 0 Å². The Bertz CT molecular complexity index is 421. The first kappa shape index (κ1) is 15.5. The van der Waals surface area contributed by atoms with Crippen molar-refractivity contribution in [2.75, 3.05) is 5.32 Å². The highest BCUT2D eigenvalue weighted by Gasteiger charge is 2.16. The molecule has 2 nitrogen and oxygen atoms in total. The number of hydrogen-bond donors (Lipinski definition) is 1. The Kier molecular flexibility index (Phi) is 6.94. The number of benzene rings is 1. The Balaban J connectivity index is 0. The fraction of sp³-hybridized carbons (Fsp3) is 0.471. The van der Waals surface area contributed by atoms with Gasteiger partial charge in [0.25, 0.3) is 0 Å². The topological polar surface area (TPSA) is 29.1 Å². The van der Waals surface area contributed by atoms with Gasteiger partial charge in [-0.2, -0.15) is 0 Å². The molecule has 0 aromatic heterocycles. The molecule has 1 unspecified atom stereocenters. The van der Waals surface area contributed by atoms with E-state index in [9.17, 15) is 4.79 Å². The minimum Gasteiger partial charge on any atom is -0.326 e. The lowest BCUT2D eigenvalue weighted by atomic mass is 9.98. The summed E-state index contributed by atoms with van der Waals surface area (Å²) in [5.74, 6) is 0.155. The Hall–Kier alpha value is -1.57. The van der Waals surface area contributed by atoms with Gasteiger partial charge in [-0.1, -0.05) is 51.0 Å². The van der Waals surface area contributed by atoms with Gasteiger partial charge in [-0.25, -0.2) is 0 Å². The van der Waals surface area contributed by atoms with Crippen molar-refractivity contribution in [2.24, 2.45) is 5.92 Å².